The summed E-state index contributed by atoms with van der Waals surface area (Å²) in [7, 11) is 0. The van der Waals surface area contributed by atoms with Gasteiger partial charge in [-0.2, -0.15) is 4.98 Å². The number of hydrogen-bond donors (Lipinski definition) is 2. The molecule has 0 saturated carbocycles. The van der Waals surface area contributed by atoms with Gasteiger partial charge in [0.1, 0.15) is 17.6 Å². The third-order valence-corrected chi connectivity index (χ3v) is 3.10. The minimum Gasteiger partial charge on any atom is -0.508 e. The van der Waals surface area contributed by atoms with Gasteiger partial charge in [0.2, 0.25) is 5.95 Å². The molecule has 23 heavy (non-hydrogen) atoms. The van der Waals surface area contributed by atoms with E-state index in [2.05, 4.69) is 15.0 Å². The molecule has 0 unspecified atom stereocenters. The molecule has 0 atom stereocenters. The number of para-hydroxylation sites is 2. The van der Waals surface area contributed by atoms with Crippen LogP contribution in [-0.2, 0) is 0 Å². The quantitative estimate of drug-likeness (QED) is 0.564. The number of fused-ring (bicyclic) bond motifs is 1. The van der Waals surface area contributed by atoms with Crippen LogP contribution in [0.5, 0.6) is 5.75 Å². The summed E-state index contributed by atoms with van der Waals surface area (Å²) < 4.78 is 1.88. The zero-order valence-electron chi connectivity index (χ0n) is 12.2. The Balaban J connectivity index is 0.000000188. The SMILES string of the molecule is Nc1ncc2ncn(-c3ccccc3)c2n1.Oc1ccccc1. The summed E-state index contributed by atoms with van der Waals surface area (Å²) in [5, 5.41) is 8.63. The third-order valence-electron chi connectivity index (χ3n) is 3.10. The number of nitrogen functional groups attached to an aromatic ring is 1. The number of phenolic OH excluding ortho intramolecular Hbond substituents is 1. The number of rotatable bonds is 1. The molecule has 2 aromatic heterocycles. The molecule has 0 aliphatic carbocycles. The van der Waals surface area contributed by atoms with E-state index in [0.29, 0.717) is 5.75 Å². The summed E-state index contributed by atoms with van der Waals surface area (Å²) in [6.45, 7) is 0. The summed E-state index contributed by atoms with van der Waals surface area (Å²) in [5.41, 5.74) is 8.02. The van der Waals surface area contributed by atoms with Crippen LogP contribution < -0.4 is 5.73 Å². The second-order valence-corrected chi connectivity index (χ2v) is 4.72. The van der Waals surface area contributed by atoms with Crippen molar-refractivity contribution >= 4 is 17.1 Å². The maximum Gasteiger partial charge on any atom is 0.222 e. The highest BCUT2D eigenvalue weighted by molar-refractivity contribution is 5.72. The average molecular weight is 305 g/mol. The molecule has 0 fully saturated rings. The van der Waals surface area contributed by atoms with E-state index in [4.69, 9.17) is 10.8 Å². The molecule has 0 spiro atoms. The van der Waals surface area contributed by atoms with Crippen LogP contribution in [-0.4, -0.2) is 24.6 Å². The van der Waals surface area contributed by atoms with Gasteiger partial charge in [-0.3, -0.25) is 4.57 Å². The van der Waals surface area contributed by atoms with Crippen molar-refractivity contribution in [1.82, 2.24) is 19.5 Å². The maximum absolute atomic E-state index is 8.63. The van der Waals surface area contributed by atoms with Crippen LogP contribution in [0.2, 0.25) is 0 Å². The van der Waals surface area contributed by atoms with Crippen LogP contribution >= 0.6 is 0 Å². The molecule has 2 heterocycles. The Morgan fingerprint density at radius 3 is 2.13 bits per heavy atom. The molecule has 4 aromatic rings. The van der Waals surface area contributed by atoms with Gasteiger partial charge >= 0.3 is 0 Å². The van der Waals surface area contributed by atoms with Gasteiger partial charge in [-0.15, -0.1) is 0 Å². The molecule has 0 aliphatic rings. The number of aromatic hydroxyl groups is 1. The van der Waals surface area contributed by atoms with E-state index in [1.165, 1.54) is 0 Å². The van der Waals surface area contributed by atoms with E-state index in [0.717, 1.165) is 16.9 Å². The lowest BCUT2D eigenvalue weighted by atomic mass is 10.3. The topological polar surface area (TPSA) is 89.9 Å². The van der Waals surface area contributed by atoms with Gasteiger partial charge in [0.15, 0.2) is 5.65 Å². The van der Waals surface area contributed by atoms with Gasteiger partial charge in [0.25, 0.3) is 0 Å². The van der Waals surface area contributed by atoms with Gasteiger partial charge in [0, 0.05) is 5.69 Å². The smallest absolute Gasteiger partial charge is 0.222 e. The van der Waals surface area contributed by atoms with Crippen molar-refractivity contribution < 1.29 is 5.11 Å². The van der Waals surface area contributed by atoms with Crippen LogP contribution in [0.3, 0.4) is 0 Å². The zero-order valence-corrected chi connectivity index (χ0v) is 12.2. The predicted molar refractivity (Wildman–Crippen MR) is 89.2 cm³/mol. The number of anilines is 1. The molecule has 2 aromatic carbocycles. The molecule has 6 nitrogen and oxygen atoms in total. The van der Waals surface area contributed by atoms with Gasteiger partial charge in [-0.1, -0.05) is 36.4 Å². The Bertz CT molecular complexity index is 891. The lowest BCUT2D eigenvalue weighted by molar-refractivity contribution is 0.475. The number of phenols is 1. The van der Waals surface area contributed by atoms with Crippen LogP contribution in [0.15, 0.2) is 73.2 Å². The van der Waals surface area contributed by atoms with E-state index < -0.39 is 0 Å². The number of nitrogens with zero attached hydrogens (tertiary/aromatic N) is 4. The molecule has 0 radical (unpaired) electrons. The standard InChI is InChI=1S/C11H9N5.C6H6O/c12-11-13-6-9-10(15-11)16(7-14-9)8-4-2-1-3-5-8;7-6-4-2-1-3-5-6/h1-7H,(H2,12,13,15);1-5,7H. The van der Waals surface area contributed by atoms with Gasteiger partial charge in [0.05, 0.1) is 6.20 Å². The fourth-order valence-corrected chi connectivity index (χ4v) is 2.03. The molecule has 114 valence electrons. The van der Waals surface area contributed by atoms with Crippen molar-refractivity contribution in [2.24, 2.45) is 0 Å². The first-order valence-electron chi connectivity index (χ1n) is 6.99. The van der Waals surface area contributed by atoms with Crippen molar-refractivity contribution in [3.63, 3.8) is 0 Å². The third kappa shape index (κ3) is 3.44. The Kier molecular flexibility index (Phi) is 4.15. The first kappa shape index (κ1) is 14.5. The van der Waals surface area contributed by atoms with Crippen molar-refractivity contribution in [2.75, 3.05) is 5.73 Å². The number of nitrogens with two attached hydrogens (primary N) is 1. The Morgan fingerprint density at radius 1 is 0.870 bits per heavy atom. The van der Waals surface area contributed by atoms with E-state index in [1.54, 1.807) is 36.8 Å². The zero-order chi connectivity index (χ0) is 16.1. The summed E-state index contributed by atoms with van der Waals surface area (Å²) >= 11 is 0. The molecule has 0 saturated heterocycles. The predicted octanol–water partition coefficient (Wildman–Crippen LogP) is 2.79. The van der Waals surface area contributed by atoms with E-state index >= 15 is 0 Å². The van der Waals surface area contributed by atoms with Crippen molar-refractivity contribution in [3.8, 4) is 11.4 Å². The summed E-state index contributed by atoms with van der Waals surface area (Å²) in [6.07, 6.45) is 3.34. The first-order valence-corrected chi connectivity index (χ1v) is 6.99. The highest BCUT2D eigenvalue weighted by Gasteiger charge is 2.06. The number of benzene rings is 2. The minimum atomic E-state index is 0.255. The van der Waals surface area contributed by atoms with Crippen molar-refractivity contribution in [3.05, 3.63) is 73.2 Å². The first-order chi connectivity index (χ1) is 11.2. The second-order valence-electron chi connectivity index (χ2n) is 4.72. The van der Waals surface area contributed by atoms with Gasteiger partial charge in [-0.05, 0) is 24.3 Å². The van der Waals surface area contributed by atoms with Crippen LogP contribution in [0.4, 0.5) is 5.95 Å². The molecular weight excluding hydrogens is 290 g/mol. The normalized spacial score (nSPS) is 10.1. The molecule has 0 aliphatic heterocycles. The van der Waals surface area contributed by atoms with E-state index in [1.807, 2.05) is 41.0 Å². The summed E-state index contributed by atoms with van der Waals surface area (Å²) in [5.74, 6) is 0.577. The molecule has 3 N–H and O–H groups in total. The second kappa shape index (κ2) is 6.57. The largest absolute Gasteiger partial charge is 0.508 e. The summed E-state index contributed by atoms with van der Waals surface area (Å²) in [6, 6.07) is 18.6. The van der Waals surface area contributed by atoms with Gasteiger partial charge < -0.3 is 10.8 Å². The van der Waals surface area contributed by atoms with Crippen molar-refractivity contribution in [1.29, 1.82) is 0 Å². The molecule has 6 heteroatoms. The monoisotopic (exact) mass is 305 g/mol. The molecule has 0 amide bonds. The lowest BCUT2D eigenvalue weighted by Crippen LogP contribution is -1.98. The fraction of sp³-hybridized carbons (Fsp3) is 0. The molecule has 4 rings (SSSR count). The minimum absolute atomic E-state index is 0.255. The van der Waals surface area contributed by atoms with E-state index in [-0.39, 0.29) is 5.95 Å². The molecule has 0 bridgehead atoms. The Hall–Kier alpha value is -3.41. The van der Waals surface area contributed by atoms with E-state index in [9.17, 15) is 0 Å². The Labute approximate surface area is 132 Å². The van der Waals surface area contributed by atoms with Crippen LogP contribution in [0.1, 0.15) is 0 Å². The molecular formula is C17H15N5O. The van der Waals surface area contributed by atoms with Gasteiger partial charge in [-0.25, -0.2) is 9.97 Å². The fourth-order valence-electron chi connectivity index (χ4n) is 2.03. The number of imidazole rings is 1. The average Bonchev–Trinajstić information content (AvgIpc) is 3.00. The number of hydrogen-bond acceptors (Lipinski definition) is 5. The maximum atomic E-state index is 8.63. The number of aromatic nitrogens is 4. The summed E-state index contributed by atoms with van der Waals surface area (Å²) in [4.78, 5) is 12.3. The van der Waals surface area contributed by atoms with Crippen LogP contribution in [0.25, 0.3) is 16.9 Å². The van der Waals surface area contributed by atoms with Crippen molar-refractivity contribution in [2.45, 2.75) is 0 Å². The lowest BCUT2D eigenvalue weighted by Gasteiger charge is -2.02. The highest BCUT2D eigenvalue weighted by atomic mass is 16.3. The highest BCUT2D eigenvalue weighted by Crippen LogP contribution is 2.15. The van der Waals surface area contributed by atoms with Crippen LogP contribution in [0, 0.1) is 0 Å². The Morgan fingerprint density at radius 2 is 1.52 bits per heavy atom.